The van der Waals surface area contributed by atoms with Gasteiger partial charge in [0, 0.05) is 6.92 Å². The molecule has 7 heteroatoms. The van der Waals surface area contributed by atoms with E-state index in [4.69, 9.17) is 4.74 Å². The first-order valence-corrected chi connectivity index (χ1v) is 8.93. The number of rotatable bonds is 6. The highest BCUT2D eigenvalue weighted by Gasteiger charge is 2.18. The van der Waals surface area contributed by atoms with Crippen LogP contribution in [0, 0.1) is 0 Å². The van der Waals surface area contributed by atoms with Crippen LogP contribution < -0.4 is 15.4 Å². The molecule has 2 aromatic carbocycles. The summed E-state index contributed by atoms with van der Waals surface area (Å²) in [4.78, 5) is 28.4. The zero-order chi connectivity index (χ0) is 18.5. The van der Waals surface area contributed by atoms with Gasteiger partial charge < -0.3 is 15.4 Å². The number of thiazole rings is 1. The van der Waals surface area contributed by atoms with Gasteiger partial charge in [0.15, 0.2) is 5.13 Å². The van der Waals surface area contributed by atoms with Gasteiger partial charge in [0.1, 0.15) is 5.75 Å². The number of nitrogens with one attached hydrogen (secondary N) is 2. The molecule has 2 amide bonds. The van der Waals surface area contributed by atoms with Crippen LogP contribution >= 0.6 is 11.3 Å². The Morgan fingerprint density at radius 1 is 1.15 bits per heavy atom. The lowest BCUT2D eigenvalue weighted by molar-refractivity contribution is -0.120. The van der Waals surface area contributed by atoms with Gasteiger partial charge in [-0.25, -0.2) is 4.98 Å². The van der Waals surface area contributed by atoms with Crippen molar-refractivity contribution < 1.29 is 14.3 Å². The molecule has 1 aromatic heterocycles. The average molecular weight is 369 g/mol. The van der Waals surface area contributed by atoms with Crippen LogP contribution in [0.3, 0.4) is 0 Å². The molecule has 2 N–H and O–H groups in total. The van der Waals surface area contributed by atoms with E-state index in [1.54, 1.807) is 19.2 Å². The summed E-state index contributed by atoms with van der Waals surface area (Å²) in [7, 11) is 1.59. The van der Waals surface area contributed by atoms with Crippen LogP contribution in [0.1, 0.15) is 24.9 Å². The third-order valence-corrected chi connectivity index (χ3v) is 4.78. The van der Waals surface area contributed by atoms with Gasteiger partial charge in [-0.15, -0.1) is 0 Å². The zero-order valence-electron chi connectivity index (χ0n) is 14.5. The molecular weight excluding hydrogens is 350 g/mol. The van der Waals surface area contributed by atoms with Crippen LogP contribution in [0.5, 0.6) is 5.75 Å². The van der Waals surface area contributed by atoms with Crippen molar-refractivity contribution in [2.45, 2.75) is 19.4 Å². The number of carbonyl (C=O) groups excluding carboxylic acids is 2. The number of ether oxygens (including phenoxy) is 1. The minimum absolute atomic E-state index is 0.113. The number of nitrogens with zero attached hydrogens (tertiary/aromatic N) is 1. The molecule has 0 saturated heterocycles. The Kier molecular flexibility index (Phi) is 5.48. The van der Waals surface area contributed by atoms with Crippen molar-refractivity contribution in [1.29, 1.82) is 0 Å². The number of hydrogen-bond donors (Lipinski definition) is 2. The summed E-state index contributed by atoms with van der Waals surface area (Å²) in [6.07, 6.45) is 0.113. The average Bonchev–Trinajstić information content (AvgIpc) is 3.03. The third kappa shape index (κ3) is 4.37. The number of para-hydroxylation sites is 1. The van der Waals surface area contributed by atoms with E-state index in [0.29, 0.717) is 10.9 Å². The fraction of sp³-hybridized carbons (Fsp3) is 0.211. The van der Waals surface area contributed by atoms with Crippen LogP contribution in [0.25, 0.3) is 10.2 Å². The van der Waals surface area contributed by atoms with Gasteiger partial charge in [-0.3, -0.25) is 9.59 Å². The fourth-order valence-electron chi connectivity index (χ4n) is 2.62. The highest BCUT2D eigenvalue weighted by molar-refractivity contribution is 7.22. The minimum Gasteiger partial charge on any atom is -0.497 e. The number of benzene rings is 2. The second kappa shape index (κ2) is 7.97. The van der Waals surface area contributed by atoms with Crippen molar-refractivity contribution in [3.8, 4) is 5.75 Å². The number of aromatic nitrogens is 1. The number of methoxy groups -OCH3 is 1. The van der Waals surface area contributed by atoms with Crippen LogP contribution in [0.15, 0.2) is 48.5 Å². The largest absolute Gasteiger partial charge is 0.497 e. The summed E-state index contributed by atoms with van der Waals surface area (Å²) in [5, 5.41) is 6.19. The molecule has 1 atom stereocenters. The number of amides is 2. The molecular formula is C19H19N3O3S. The minimum atomic E-state index is -0.423. The molecule has 0 spiro atoms. The maximum absolute atomic E-state index is 12.5. The Bertz CT molecular complexity index is 888. The first-order valence-electron chi connectivity index (χ1n) is 8.11. The van der Waals surface area contributed by atoms with E-state index in [1.807, 2.05) is 36.4 Å². The lowest BCUT2D eigenvalue weighted by Crippen LogP contribution is -2.29. The second-order valence-electron chi connectivity index (χ2n) is 5.77. The summed E-state index contributed by atoms with van der Waals surface area (Å²) in [5.74, 6) is 0.312. The Hall–Kier alpha value is -2.93. The highest BCUT2D eigenvalue weighted by atomic mass is 32.1. The van der Waals surface area contributed by atoms with Gasteiger partial charge in [0.2, 0.25) is 11.8 Å². The SMILES string of the molecule is COc1ccc([C@@H](CC(=O)Nc2nc3ccccc3s2)NC(C)=O)cc1. The van der Waals surface area contributed by atoms with E-state index in [2.05, 4.69) is 15.6 Å². The van der Waals surface area contributed by atoms with Gasteiger partial charge in [0.25, 0.3) is 0 Å². The highest BCUT2D eigenvalue weighted by Crippen LogP contribution is 2.26. The summed E-state index contributed by atoms with van der Waals surface area (Å²) < 4.78 is 6.16. The molecule has 6 nitrogen and oxygen atoms in total. The molecule has 1 heterocycles. The predicted octanol–water partition coefficient (Wildman–Crippen LogP) is 3.51. The van der Waals surface area contributed by atoms with E-state index in [9.17, 15) is 9.59 Å². The van der Waals surface area contributed by atoms with Crippen LogP contribution in [-0.2, 0) is 9.59 Å². The van der Waals surface area contributed by atoms with Gasteiger partial charge >= 0.3 is 0 Å². The standard InChI is InChI=1S/C19H19N3O3S/c1-12(23)20-16(13-7-9-14(25-2)10-8-13)11-18(24)22-19-21-15-5-3-4-6-17(15)26-19/h3-10,16H,11H2,1-2H3,(H,20,23)(H,21,22,24)/t16-/m1/s1. The third-order valence-electron chi connectivity index (χ3n) is 3.83. The maximum Gasteiger partial charge on any atom is 0.228 e. The molecule has 0 fully saturated rings. The van der Waals surface area contributed by atoms with Crippen molar-refractivity contribution in [3.63, 3.8) is 0 Å². The number of fused-ring (bicyclic) bond motifs is 1. The summed E-state index contributed by atoms with van der Waals surface area (Å²) in [6, 6.07) is 14.6. The first-order chi connectivity index (χ1) is 12.5. The number of hydrogen-bond acceptors (Lipinski definition) is 5. The van der Waals surface area contributed by atoms with E-state index < -0.39 is 6.04 Å². The van der Waals surface area contributed by atoms with Crippen LogP contribution in [0.4, 0.5) is 5.13 Å². The van der Waals surface area contributed by atoms with Gasteiger partial charge in [-0.1, -0.05) is 35.6 Å². The lowest BCUT2D eigenvalue weighted by atomic mass is 10.0. The van der Waals surface area contributed by atoms with Crippen LogP contribution in [0.2, 0.25) is 0 Å². The quantitative estimate of drug-likeness (QED) is 0.697. The van der Waals surface area contributed by atoms with E-state index in [-0.39, 0.29) is 18.2 Å². The second-order valence-corrected chi connectivity index (χ2v) is 6.80. The van der Waals surface area contributed by atoms with Gasteiger partial charge in [-0.2, -0.15) is 0 Å². The lowest BCUT2D eigenvalue weighted by Gasteiger charge is -2.18. The van der Waals surface area contributed by atoms with E-state index in [1.165, 1.54) is 18.3 Å². The monoisotopic (exact) mass is 369 g/mol. The van der Waals surface area contributed by atoms with Crippen molar-refractivity contribution in [1.82, 2.24) is 10.3 Å². The smallest absolute Gasteiger partial charge is 0.228 e. The van der Waals surface area contributed by atoms with Crippen molar-refractivity contribution in [3.05, 3.63) is 54.1 Å². The molecule has 0 saturated carbocycles. The number of carbonyl (C=O) groups is 2. The number of anilines is 1. The Labute approximate surface area is 155 Å². The van der Waals surface area contributed by atoms with E-state index >= 15 is 0 Å². The molecule has 0 aliphatic heterocycles. The fourth-order valence-corrected chi connectivity index (χ4v) is 3.50. The van der Waals surface area contributed by atoms with Gasteiger partial charge in [0.05, 0.1) is 29.8 Å². The molecule has 26 heavy (non-hydrogen) atoms. The van der Waals surface area contributed by atoms with E-state index in [0.717, 1.165) is 15.8 Å². The molecule has 3 aromatic rings. The normalized spacial score (nSPS) is 11.8. The summed E-state index contributed by atoms with van der Waals surface area (Å²) >= 11 is 1.42. The van der Waals surface area contributed by atoms with Crippen molar-refractivity contribution in [2.75, 3.05) is 12.4 Å². The van der Waals surface area contributed by atoms with Crippen LogP contribution in [-0.4, -0.2) is 23.9 Å². The summed E-state index contributed by atoms with van der Waals surface area (Å²) in [6.45, 7) is 1.43. The van der Waals surface area contributed by atoms with Crippen molar-refractivity contribution in [2.24, 2.45) is 0 Å². The molecule has 134 valence electrons. The molecule has 0 unspecified atom stereocenters. The van der Waals surface area contributed by atoms with Gasteiger partial charge in [-0.05, 0) is 29.8 Å². The van der Waals surface area contributed by atoms with Crippen molar-refractivity contribution >= 4 is 38.5 Å². The Morgan fingerprint density at radius 3 is 2.54 bits per heavy atom. The first kappa shape index (κ1) is 17.9. The molecule has 0 bridgehead atoms. The molecule has 3 rings (SSSR count). The predicted molar refractivity (Wildman–Crippen MR) is 102 cm³/mol. The summed E-state index contributed by atoms with van der Waals surface area (Å²) in [5.41, 5.74) is 1.68. The Morgan fingerprint density at radius 2 is 1.88 bits per heavy atom. The molecule has 0 radical (unpaired) electrons. The molecule has 0 aliphatic rings. The Balaban J connectivity index is 1.72. The molecule has 0 aliphatic carbocycles. The zero-order valence-corrected chi connectivity index (χ0v) is 15.3. The topological polar surface area (TPSA) is 80.3 Å². The maximum atomic E-state index is 12.5.